The Morgan fingerprint density at radius 2 is 2.47 bits per heavy atom. The number of rotatable bonds is 3. The van der Waals surface area contributed by atoms with Crippen molar-refractivity contribution in [3.05, 3.63) is 21.9 Å². The Kier molecular flexibility index (Phi) is 3.07. The topological polar surface area (TPSA) is 32.3 Å². The highest BCUT2D eigenvalue weighted by Crippen LogP contribution is 2.21. The molecule has 1 amide bonds. The molecule has 0 saturated carbocycles. The van der Waals surface area contributed by atoms with Crippen molar-refractivity contribution < 1.29 is 4.79 Å². The smallest absolute Gasteiger partial charge is 0.240 e. The molecule has 82 valence electrons. The molecule has 1 atom stereocenters. The predicted molar refractivity (Wildman–Crippen MR) is 61.9 cm³/mol. The molecular formula is C11H16N2OS. The second-order valence-electron chi connectivity index (χ2n) is 3.92. The summed E-state index contributed by atoms with van der Waals surface area (Å²) < 4.78 is 0. The number of hydrogen-bond acceptors (Lipinski definition) is 3. The number of aryl methyl sites for hydroxylation is 1. The molecule has 0 spiro atoms. The first-order valence-corrected chi connectivity index (χ1v) is 6.09. The zero-order valence-corrected chi connectivity index (χ0v) is 9.93. The molecule has 1 N–H and O–H groups in total. The number of nitrogens with one attached hydrogen (secondary N) is 1. The highest BCUT2D eigenvalue weighted by Gasteiger charge is 2.30. The zero-order valence-electron chi connectivity index (χ0n) is 9.12. The zero-order chi connectivity index (χ0) is 10.8. The van der Waals surface area contributed by atoms with Gasteiger partial charge in [0.1, 0.15) is 0 Å². The minimum Gasteiger partial charge on any atom is -0.336 e. The molecule has 2 heterocycles. The highest BCUT2D eigenvalue weighted by atomic mass is 32.1. The van der Waals surface area contributed by atoms with Crippen molar-refractivity contribution >= 4 is 17.2 Å². The molecule has 1 saturated heterocycles. The van der Waals surface area contributed by atoms with E-state index in [1.807, 2.05) is 11.9 Å². The lowest BCUT2D eigenvalue weighted by molar-refractivity contribution is -0.129. The van der Waals surface area contributed by atoms with Gasteiger partial charge in [-0.15, -0.1) is 11.3 Å². The molecule has 0 aromatic carbocycles. The molecule has 1 aromatic rings. The molecule has 2 rings (SSSR count). The molecule has 4 heteroatoms. The van der Waals surface area contributed by atoms with Crippen molar-refractivity contribution in [2.75, 3.05) is 13.6 Å². The summed E-state index contributed by atoms with van der Waals surface area (Å²) in [6.07, 6.45) is 0.930. The van der Waals surface area contributed by atoms with E-state index in [4.69, 9.17) is 0 Å². The fourth-order valence-electron chi connectivity index (χ4n) is 1.90. The number of thiophene rings is 1. The normalized spacial score (nSPS) is 21.3. The van der Waals surface area contributed by atoms with E-state index in [-0.39, 0.29) is 11.9 Å². The first kappa shape index (κ1) is 10.6. The van der Waals surface area contributed by atoms with Crippen LogP contribution in [-0.4, -0.2) is 30.4 Å². The van der Waals surface area contributed by atoms with E-state index in [0.717, 1.165) is 19.5 Å². The van der Waals surface area contributed by atoms with E-state index in [9.17, 15) is 4.79 Å². The lowest BCUT2D eigenvalue weighted by Gasteiger charge is -2.16. The Morgan fingerprint density at radius 1 is 1.67 bits per heavy atom. The van der Waals surface area contributed by atoms with Crippen LogP contribution in [-0.2, 0) is 11.3 Å². The lowest BCUT2D eigenvalue weighted by atomic mass is 10.2. The van der Waals surface area contributed by atoms with E-state index in [0.29, 0.717) is 0 Å². The fraction of sp³-hybridized carbons (Fsp3) is 0.545. The van der Waals surface area contributed by atoms with Gasteiger partial charge in [0.05, 0.1) is 12.6 Å². The summed E-state index contributed by atoms with van der Waals surface area (Å²) in [5.74, 6) is 0.241. The Morgan fingerprint density at radius 3 is 3.00 bits per heavy atom. The summed E-state index contributed by atoms with van der Waals surface area (Å²) in [6.45, 7) is 3.75. The second-order valence-corrected chi connectivity index (χ2v) is 4.92. The van der Waals surface area contributed by atoms with Crippen LogP contribution in [0.1, 0.15) is 16.9 Å². The molecule has 1 unspecified atom stereocenters. The molecule has 0 bridgehead atoms. The highest BCUT2D eigenvalue weighted by molar-refractivity contribution is 7.10. The van der Waals surface area contributed by atoms with Gasteiger partial charge in [0.2, 0.25) is 5.91 Å². The fourth-order valence-corrected chi connectivity index (χ4v) is 2.82. The van der Waals surface area contributed by atoms with Crippen molar-refractivity contribution in [2.24, 2.45) is 0 Å². The van der Waals surface area contributed by atoms with E-state index in [2.05, 4.69) is 23.7 Å². The number of carbonyl (C=O) groups excluding carboxylic acids is 1. The summed E-state index contributed by atoms with van der Waals surface area (Å²) in [5.41, 5.74) is 1.29. The molecule has 1 aliphatic rings. The minimum atomic E-state index is 0.0327. The summed E-state index contributed by atoms with van der Waals surface area (Å²) in [4.78, 5) is 15.1. The SMILES string of the molecule is CNC1CCN(Cc2sccc2C)C1=O. The van der Waals surface area contributed by atoms with Gasteiger partial charge in [0, 0.05) is 11.4 Å². The molecule has 3 nitrogen and oxygen atoms in total. The van der Waals surface area contributed by atoms with Crippen molar-refractivity contribution in [1.29, 1.82) is 0 Å². The van der Waals surface area contributed by atoms with Crippen LogP contribution in [0.3, 0.4) is 0 Å². The first-order valence-electron chi connectivity index (χ1n) is 5.21. The van der Waals surface area contributed by atoms with Crippen molar-refractivity contribution in [3.8, 4) is 0 Å². The molecular weight excluding hydrogens is 208 g/mol. The average Bonchev–Trinajstić information content (AvgIpc) is 2.77. The van der Waals surface area contributed by atoms with Gasteiger partial charge in [-0.05, 0) is 37.4 Å². The number of carbonyl (C=O) groups is 1. The van der Waals surface area contributed by atoms with E-state index in [1.54, 1.807) is 11.3 Å². The van der Waals surface area contributed by atoms with Gasteiger partial charge in [-0.25, -0.2) is 0 Å². The summed E-state index contributed by atoms with van der Waals surface area (Å²) >= 11 is 1.73. The summed E-state index contributed by atoms with van der Waals surface area (Å²) in [6, 6.07) is 2.14. The monoisotopic (exact) mass is 224 g/mol. The Balaban J connectivity index is 2.03. The number of hydrogen-bond donors (Lipinski definition) is 1. The van der Waals surface area contributed by atoms with Crippen LogP contribution in [0.4, 0.5) is 0 Å². The van der Waals surface area contributed by atoms with Gasteiger partial charge in [-0.3, -0.25) is 4.79 Å². The van der Waals surface area contributed by atoms with Crippen LogP contribution < -0.4 is 5.32 Å². The maximum absolute atomic E-state index is 11.8. The number of nitrogens with zero attached hydrogens (tertiary/aromatic N) is 1. The number of likely N-dealkylation sites (tertiary alicyclic amines) is 1. The van der Waals surface area contributed by atoms with Gasteiger partial charge >= 0.3 is 0 Å². The minimum absolute atomic E-state index is 0.0327. The van der Waals surface area contributed by atoms with Crippen LogP contribution in [0.15, 0.2) is 11.4 Å². The lowest BCUT2D eigenvalue weighted by Crippen LogP contribution is -2.35. The van der Waals surface area contributed by atoms with Crippen molar-refractivity contribution in [2.45, 2.75) is 25.9 Å². The van der Waals surface area contributed by atoms with Gasteiger partial charge in [-0.2, -0.15) is 0 Å². The molecule has 0 radical (unpaired) electrons. The molecule has 1 aromatic heterocycles. The van der Waals surface area contributed by atoms with E-state index >= 15 is 0 Å². The summed E-state index contributed by atoms with van der Waals surface area (Å²) in [7, 11) is 1.85. The first-order chi connectivity index (χ1) is 7.22. The summed E-state index contributed by atoms with van der Waals surface area (Å²) in [5, 5.41) is 5.13. The number of amides is 1. The standard InChI is InChI=1S/C11H16N2OS/c1-8-4-6-15-10(8)7-13-5-3-9(12-2)11(13)14/h4,6,9,12H,3,5,7H2,1-2H3. The maximum Gasteiger partial charge on any atom is 0.240 e. The molecule has 15 heavy (non-hydrogen) atoms. The Bertz CT molecular complexity index is 361. The third kappa shape index (κ3) is 2.06. The van der Waals surface area contributed by atoms with Crippen LogP contribution in [0, 0.1) is 6.92 Å². The largest absolute Gasteiger partial charge is 0.336 e. The van der Waals surface area contributed by atoms with E-state index < -0.39 is 0 Å². The third-order valence-corrected chi connectivity index (χ3v) is 3.96. The number of likely N-dealkylation sites (N-methyl/N-ethyl adjacent to an activating group) is 1. The van der Waals surface area contributed by atoms with Crippen LogP contribution in [0.5, 0.6) is 0 Å². The third-order valence-electron chi connectivity index (χ3n) is 2.95. The quantitative estimate of drug-likeness (QED) is 0.841. The average molecular weight is 224 g/mol. The second kappa shape index (κ2) is 4.33. The van der Waals surface area contributed by atoms with Gasteiger partial charge in [0.15, 0.2) is 0 Å². The van der Waals surface area contributed by atoms with Crippen LogP contribution >= 0.6 is 11.3 Å². The predicted octanol–water partition coefficient (Wildman–Crippen LogP) is 1.38. The molecule has 1 aliphatic heterocycles. The molecule has 1 fully saturated rings. The maximum atomic E-state index is 11.8. The molecule has 0 aliphatic carbocycles. The Hall–Kier alpha value is -0.870. The Labute approximate surface area is 94.1 Å². The van der Waals surface area contributed by atoms with Crippen molar-refractivity contribution in [3.63, 3.8) is 0 Å². The van der Waals surface area contributed by atoms with E-state index in [1.165, 1.54) is 10.4 Å². The van der Waals surface area contributed by atoms with Crippen molar-refractivity contribution in [1.82, 2.24) is 10.2 Å². The van der Waals surface area contributed by atoms with Crippen LogP contribution in [0.2, 0.25) is 0 Å². The van der Waals surface area contributed by atoms with Gasteiger partial charge < -0.3 is 10.2 Å². The van der Waals surface area contributed by atoms with Gasteiger partial charge in [-0.1, -0.05) is 0 Å². The van der Waals surface area contributed by atoms with Crippen LogP contribution in [0.25, 0.3) is 0 Å². The van der Waals surface area contributed by atoms with Gasteiger partial charge in [0.25, 0.3) is 0 Å².